The van der Waals surface area contributed by atoms with Crippen LogP contribution in [0.2, 0.25) is 0 Å². The van der Waals surface area contributed by atoms with Crippen LogP contribution in [-0.4, -0.2) is 216 Å². The van der Waals surface area contributed by atoms with E-state index >= 15 is 19.2 Å². The molecular weight excluding hydrogens is 1530 g/mol. The maximum absolute atomic E-state index is 15.4. The molecule has 32 heteroatoms. The fourth-order valence-electron chi connectivity index (χ4n) is 15.6. The molecule has 5 rings (SSSR count). The number of unbranched alkanes of at least 4 members (excludes halogenated alkanes) is 4. The van der Waals surface area contributed by atoms with Gasteiger partial charge in [0.05, 0.1) is 0 Å². The first-order valence-corrected chi connectivity index (χ1v) is 44.2. The van der Waals surface area contributed by atoms with Gasteiger partial charge in [-0.1, -0.05) is 144 Å². The SMILES string of the molecule is CC(C)C[C@@H]1NC(=O)[C@H](CCCCN)NC(=O)[C@H](CC(C)C)NC(=O)[C@@H]2CCCN2C(=O)[C@@H](Cc2ccccc2)NC(=O)[C@H](CC(C)C)NC(=O)[C@H](CCCCN)NC(=O)[C@H](CC(C)C)NC(=O)[C@H](CCCCN)NC(=O)[C@H](CC(C)C)NC(=O)[C@@H]2CCCN2C(=O)[C@@H](Cc2ccccc2)NC(=O)[C@H](CC(C)C)NC(=O)[C@H](CCCCN)NC1=O. The van der Waals surface area contributed by atoms with E-state index in [9.17, 15) is 47.9 Å². The molecule has 0 bridgehead atoms. The molecule has 14 amide bonds. The summed E-state index contributed by atoms with van der Waals surface area (Å²) in [6.07, 6.45) is 4.97. The predicted molar refractivity (Wildman–Crippen MR) is 461 cm³/mol. The molecule has 0 unspecified atom stereocenters. The fraction of sp³-hybridized carbons (Fsp3) is 0.705. The summed E-state index contributed by atoms with van der Waals surface area (Å²) in [6, 6.07) is 0.158. The smallest absolute Gasteiger partial charge is 0.246 e. The van der Waals surface area contributed by atoms with Crippen LogP contribution in [0.5, 0.6) is 0 Å². The number of amides is 14. The van der Waals surface area contributed by atoms with Crippen molar-refractivity contribution in [2.24, 2.45) is 58.4 Å². The summed E-state index contributed by atoms with van der Waals surface area (Å²) in [6.45, 7) is 23.4. The van der Waals surface area contributed by atoms with Crippen molar-refractivity contribution >= 4 is 82.7 Å². The quantitative estimate of drug-likeness (QED) is 0.0468. The maximum atomic E-state index is 15.4. The van der Waals surface area contributed by atoms with Crippen LogP contribution >= 0.6 is 0 Å². The lowest BCUT2D eigenvalue weighted by atomic mass is 9.98. The lowest BCUT2D eigenvalue weighted by molar-refractivity contribution is -0.143. The molecule has 3 saturated heterocycles. The second-order valence-electron chi connectivity index (χ2n) is 35.4. The van der Waals surface area contributed by atoms with Crippen LogP contribution in [0.4, 0.5) is 0 Å². The number of carbonyl (C=O) groups excluding carboxylic acids is 14. The van der Waals surface area contributed by atoms with Crippen molar-refractivity contribution in [3.05, 3.63) is 71.8 Å². The Hall–Kier alpha value is -9.14. The number of hydrogen-bond donors (Lipinski definition) is 16. The normalized spacial score (nSPS) is 25.6. The van der Waals surface area contributed by atoms with Gasteiger partial charge in [0.15, 0.2) is 0 Å². The minimum absolute atomic E-state index is 0.0414. The van der Waals surface area contributed by atoms with E-state index in [0.717, 1.165) is 0 Å². The van der Waals surface area contributed by atoms with Gasteiger partial charge in [0.2, 0.25) is 82.7 Å². The van der Waals surface area contributed by atoms with Crippen molar-refractivity contribution in [3.8, 4) is 0 Å². The van der Waals surface area contributed by atoms with E-state index < -0.39 is 167 Å². The van der Waals surface area contributed by atoms with E-state index in [1.165, 1.54) is 9.80 Å². The molecule has 0 aromatic heterocycles. The summed E-state index contributed by atoms with van der Waals surface area (Å²) < 4.78 is 0. The minimum atomic E-state index is -1.31. The lowest BCUT2D eigenvalue weighted by Crippen LogP contribution is -2.61. The zero-order valence-electron chi connectivity index (χ0n) is 73.5. The van der Waals surface area contributed by atoms with Crippen molar-refractivity contribution in [1.29, 1.82) is 0 Å². The highest BCUT2D eigenvalue weighted by Gasteiger charge is 2.44. The predicted octanol–water partition coefficient (Wildman–Crippen LogP) is 3.08. The van der Waals surface area contributed by atoms with Crippen molar-refractivity contribution < 1.29 is 67.1 Å². The van der Waals surface area contributed by atoms with Crippen LogP contribution in [0, 0.1) is 35.5 Å². The van der Waals surface area contributed by atoms with Gasteiger partial charge in [-0.15, -0.1) is 0 Å². The zero-order valence-corrected chi connectivity index (χ0v) is 73.5. The Kier molecular flexibility index (Phi) is 44.7. The molecule has 120 heavy (non-hydrogen) atoms. The van der Waals surface area contributed by atoms with Gasteiger partial charge in [-0.2, -0.15) is 0 Å². The Morgan fingerprint density at radius 2 is 0.458 bits per heavy atom. The number of nitrogens with two attached hydrogens (primary N) is 4. The monoisotopic (exact) mass is 1680 g/mol. The van der Waals surface area contributed by atoms with Crippen LogP contribution in [0.1, 0.15) is 235 Å². The third-order valence-electron chi connectivity index (χ3n) is 21.8. The highest BCUT2D eigenvalue weighted by atomic mass is 16.2. The first kappa shape index (κ1) is 101. The summed E-state index contributed by atoms with van der Waals surface area (Å²) in [5.41, 5.74) is 25.2. The average molecular weight is 1680 g/mol. The summed E-state index contributed by atoms with van der Waals surface area (Å²) in [5, 5.41) is 34.7. The molecule has 0 aliphatic carbocycles. The standard InChI is InChI=1S/C88H146N18O14/c1-53(2)45-65-79(111)93-61(33-19-23-39-89)77(109)99-67(47-55(5)6)83(115)103-71(51-59-29-15-13-16-30-59)87(119)106-44-28-38-74(106)86(118)102-70(50-58(11)12)82(114)96-64(36-22-26-42-92)76(108)98-66(46-54(3)4)80(112)94-62(34-20-24-40-90)78(110)100-68(48-56(7)8)84(116)104-72(52-60-31-17-14-18-32-60)88(120)105-43-27-37-73(105)85(117)101-69(49-57(9)10)81(113)95-63(75(107)97-65)35-21-25-41-91/h13-18,29-32,53-58,61-74H,19-28,33-52,89-92H2,1-12H3,(H,93,111)(H,94,112)(H,95,113)(H,96,114)(H,97,107)(H,98,108)(H,99,109)(H,100,110)(H,101,117)(H,102,118)(H,103,115)(H,104,116)/t61-,62-,63-,64-,65-,66-,67-,68-,69-,70-,71+,72+,73-,74-/m0/s1. The van der Waals surface area contributed by atoms with E-state index in [2.05, 4.69) is 63.8 Å². The van der Waals surface area contributed by atoms with E-state index in [-0.39, 0.29) is 165 Å². The first-order chi connectivity index (χ1) is 57.1. The van der Waals surface area contributed by atoms with Gasteiger partial charge in [-0.25, -0.2) is 0 Å². The van der Waals surface area contributed by atoms with Gasteiger partial charge in [0.1, 0.15) is 84.6 Å². The molecule has 672 valence electrons. The molecule has 3 aliphatic rings. The van der Waals surface area contributed by atoms with E-state index in [1.807, 2.05) is 83.1 Å². The molecule has 2 aromatic carbocycles. The van der Waals surface area contributed by atoms with Gasteiger partial charge < -0.3 is 96.5 Å². The number of carbonyl (C=O) groups is 14. The van der Waals surface area contributed by atoms with Gasteiger partial charge in [-0.3, -0.25) is 67.1 Å². The number of hydrogen-bond acceptors (Lipinski definition) is 18. The molecule has 0 spiro atoms. The largest absolute Gasteiger partial charge is 0.343 e. The topological polar surface area (TPSA) is 494 Å². The van der Waals surface area contributed by atoms with Crippen molar-refractivity contribution in [2.75, 3.05) is 39.3 Å². The number of rotatable bonds is 32. The number of nitrogens with zero attached hydrogens (tertiary/aromatic N) is 2. The molecule has 14 atom stereocenters. The summed E-state index contributed by atoms with van der Waals surface area (Å²) in [5.74, 6) is -11.2. The summed E-state index contributed by atoms with van der Waals surface area (Å²) >= 11 is 0. The number of fused-ring (bicyclic) bond motifs is 2. The van der Waals surface area contributed by atoms with E-state index in [1.54, 1.807) is 60.7 Å². The third kappa shape index (κ3) is 34.8. The Morgan fingerprint density at radius 1 is 0.267 bits per heavy atom. The average Bonchev–Trinajstić information content (AvgIpc) is 1.63. The number of nitrogens with one attached hydrogen (secondary N) is 12. The Labute approximate surface area is 711 Å². The van der Waals surface area contributed by atoms with Gasteiger partial charge in [-0.05, 0) is 214 Å². The summed E-state index contributed by atoms with van der Waals surface area (Å²) in [7, 11) is 0. The van der Waals surface area contributed by atoms with Gasteiger partial charge >= 0.3 is 0 Å². The highest BCUT2D eigenvalue weighted by Crippen LogP contribution is 2.25. The molecule has 3 aliphatic heterocycles. The first-order valence-electron chi connectivity index (χ1n) is 44.2. The second kappa shape index (κ2) is 52.9. The molecule has 2 aromatic rings. The van der Waals surface area contributed by atoms with Gasteiger partial charge in [0.25, 0.3) is 0 Å². The Morgan fingerprint density at radius 3 is 0.667 bits per heavy atom. The summed E-state index contributed by atoms with van der Waals surface area (Å²) in [4.78, 5) is 213. The molecule has 3 heterocycles. The van der Waals surface area contributed by atoms with Crippen molar-refractivity contribution in [1.82, 2.24) is 73.6 Å². The van der Waals surface area contributed by atoms with Crippen LogP contribution in [0.3, 0.4) is 0 Å². The zero-order chi connectivity index (χ0) is 88.7. The van der Waals surface area contributed by atoms with Crippen molar-refractivity contribution in [3.63, 3.8) is 0 Å². The van der Waals surface area contributed by atoms with Crippen molar-refractivity contribution in [2.45, 2.75) is 322 Å². The highest BCUT2D eigenvalue weighted by molar-refractivity contribution is 6.01. The number of benzene rings is 2. The molecule has 0 radical (unpaired) electrons. The molecule has 20 N–H and O–H groups in total. The minimum Gasteiger partial charge on any atom is -0.343 e. The van der Waals surface area contributed by atoms with Crippen LogP contribution < -0.4 is 86.7 Å². The van der Waals surface area contributed by atoms with Crippen LogP contribution in [0.25, 0.3) is 0 Å². The maximum Gasteiger partial charge on any atom is 0.246 e. The Balaban J connectivity index is 1.66. The second-order valence-corrected chi connectivity index (χ2v) is 35.4. The molecule has 3 fully saturated rings. The lowest BCUT2D eigenvalue weighted by Gasteiger charge is -2.32. The van der Waals surface area contributed by atoms with E-state index in [0.29, 0.717) is 75.3 Å². The molecule has 0 saturated carbocycles. The van der Waals surface area contributed by atoms with E-state index in [4.69, 9.17) is 22.9 Å². The van der Waals surface area contributed by atoms with Gasteiger partial charge in [0, 0.05) is 25.9 Å². The Bertz CT molecular complexity index is 3380. The molecular formula is C88H146N18O14. The fourth-order valence-corrected chi connectivity index (χ4v) is 15.6. The third-order valence-corrected chi connectivity index (χ3v) is 21.8. The van der Waals surface area contributed by atoms with Crippen LogP contribution in [0.15, 0.2) is 60.7 Å². The van der Waals surface area contributed by atoms with Crippen LogP contribution in [-0.2, 0) is 80.0 Å². The molecule has 32 nitrogen and oxygen atoms in total.